The van der Waals surface area contributed by atoms with Gasteiger partial charge in [-0.1, -0.05) is 33.1 Å². The standard InChI is InChI=1S/C13H20N2OS/c1-8(2)10-11(9-6-4-3-5-7-9)14-13(17)15-12(10)16/h8-9H,3-7H2,1-2H3,(H2,14,15,16,17). The van der Waals surface area contributed by atoms with Crippen LogP contribution in [0.5, 0.6) is 0 Å². The summed E-state index contributed by atoms with van der Waals surface area (Å²) in [7, 11) is 0. The number of rotatable bonds is 2. The molecular formula is C13H20N2OS. The van der Waals surface area contributed by atoms with Crippen LogP contribution in [-0.2, 0) is 0 Å². The Morgan fingerprint density at radius 3 is 2.41 bits per heavy atom. The average Bonchev–Trinajstić information content (AvgIpc) is 2.28. The van der Waals surface area contributed by atoms with Crippen molar-refractivity contribution in [3.05, 3.63) is 26.4 Å². The van der Waals surface area contributed by atoms with Gasteiger partial charge in [0.2, 0.25) is 0 Å². The van der Waals surface area contributed by atoms with E-state index in [1.54, 1.807) is 0 Å². The molecule has 1 aliphatic rings. The molecule has 94 valence electrons. The summed E-state index contributed by atoms with van der Waals surface area (Å²) < 4.78 is 0.458. The zero-order valence-electron chi connectivity index (χ0n) is 10.5. The molecular weight excluding hydrogens is 232 g/mol. The maximum atomic E-state index is 12.0. The highest BCUT2D eigenvalue weighted by molar-refractivity contribution is 7.71. The van der Waals surface area contributed by atoms with Gasteiger partial charge in [0.05, 0.1) is 0 Å². The average molecular weight is 252 g/mol. The zero-order valence-corrected chi connectivity index (χ0v) is 11.3. The van der Waals surface area contributed by atoms with Gasteiger partial charge in [-0.25, -0.2) is 0 Å². The molecule has 0 unspecified atom stereocenters. The minimum absolute atomic E-state index is 0.00989. The Bertz CT molecular complexity index is 495. The molecule has 2 rings (SSSR count). The van der Waals surface area contributed by atoms with Gasteiger partial charge >= 0.3 is 0 Å². The first kappa shape index (κ1) is 12.6. The molecule has 0 spiro atoms. The highest BCUT2D eigenvalue weighted by Gasteiger charge is 2.22. The Kier molecular flexibility index (Phi) is 3.82. The second kappa shape index (κ2) is 5.17. The number of aromatic nitrogens is 2. The maximum absolute atomic E-state index is 12.0. The van der Waals surface area contributed by atoms with Gasteiger partial charge in [-0.3, -0.25) is 9.78 Å². The topological polar surface area (TPSA) is 48.6 Å². The van der Waals surface area contributed by atoms with E-state index in [4.69, 9.17) is 12.2 Å². The minimum atomic E-state index is -0.00989. The van der Waals surface area contributed by atoms with Crippen LogP contribution in [0.1, 0.15) is 69.0 Å². The fourth-order valence-corrected chi connectivity index (χ4v) is 3.00. The Labute approximate surface area is 107 Å². The number of hydrogen-bond acceptors (Lipinski definition) is 2. The van der Waals surface area contributed by atoms with E-state index >= 15 is 0 Å². The number of hydrogen-bond donors (Lipinski definition) is 2. The molecule has 0 radical (unpaired) electrons. The first-order valence-corrected chi connectivity index (χ1v) is 6.87. The summed E-state index contributed by atoms with van der Waals surface area (Å²) in [4.78, 5) is 17.9. The molecule has 1 saturated carbocycles. The van der Waals surface area contributed by atoms with E-state index < -0.39 is 0 Å². The Morgan fingerprint density at radius 2 is 1.82 bits per heavy atom. The van der Waals surface area contributed by atoms with Crippen molar-refractivity contribution in [2.45, 2.75) is 57.8 Å². The molecule has 0 bridgehead atoms. The van der Waals surface area contributed by atoms with Crippen LogP contribution >= 0.6 is 12.2 Å². The third-order valence-corrected chi connectivity index (χ3v) is 3.80. The summed E-state index contributed by atoms with van der Waals surface area (Å²) in [5.74, 6) is 0.729. The van der Waals surface area contributed by atoms with Crippen molar-refractivity contribution >= 4 is 12.2 Å². The quantitative estimate of drug-likeness (QED) is 0.790. The van der Waals surface area contributed by atoms with Gasteiger partial charge in [0, 0.05) is 11.3 Å². The molecule has 1 fully saturated rings. The fourth-order valence-electron chi connectivity index (χ4n) is 2.80. The van der Waals surface area contributed by atoms with E-state index in [1.807, 2.05) is 0 Å². The van der Waals surface area contributed by atoms with Crippen molar-refractivity contribution in [3.63, 3.8) is 0 Å². The largest absolute Gasteiger partial charge is 0.335 e. The molecule has 3 nitrogen and oxygen atoms in total. The lowest BCUT2D eigenvalue weighted by molar-refractivity contribution is 0.431. The molecule has 1 aromatic rings. The highest BCUT2D eigenvalue weighted by Crippen LogP contribution is 2.33. The SMILES string of the molecule is CC(C)c1c(C2CCCCC2)[nH]c(=S)[nH]c1=O. The summed E-state index contributed by atoms with van der Waals surface area (Å²) in [6.07, 6.45) is 6.19. The van der Waals surface area contributed by atoms with E-state index in [2.05, 4.69) is 23.8 Å². The van der Waals surface area contributed by atoms with Crippen molar-refractivity contribution < 1.29 is 0 Å². The zero-order chi connectivity index (χ0) is 12.4. The highest BCUT2D eigenvalue weighted by atomic mass is 32.1. The molecule has 1 aliphatic carbocycles. The van der Waals surface area contributed by atoms with E-state index in [-0.39, 0.29) is 11.5 Å². The van der Waals surface area contributed by atoms with Gasteiger partial charge in [0.25, 0.3) is 5.56 Å². The van der Waals surface area contributed by atoms with E-state index in [0.29, 0.717) is 10.7 Å². The smallest absolute Gasteiger partial charge is 0.255 e. The van der Waals surface area contributed by atoms with Crippen molar-refractivity contribution in [1.29, 1.82) is 0 Å². The Hall–Kier alpha value is -0.900. The van der Waals surface area contributed by atoms with Crippen molar-refractivity contribution in [2.24, 2.45) is 0 Å². The third-order valence-electron chi connectivity index (χ3n) is 3.60. The van der Waals surface area contributed by atoms with Crippen LogP contribution in [-0.4, -0.2) is 9.97 Å². The third kappa shape index (κ3) is 2.68. The first-order chi connectivity index (χ1) is 8.09. The van der Waals surface area contributed by atoms with Gasteiger partial charge < -0.3 is 4.98 Å². The minimum Gasteiger partial charge on any atom is -0.335 e. The lowest BCUT2D eigenvalue weighted by atomic mass is 9.83. The molecule has 1 aromatic heterocycles. The van der Waals surface area contributed by atoms with Crippen LogP contribution in [0.2, 0.25) is 0 Å². The van der Waals surface area contributed by atoms with Gasteiger partial charge in [0.1, 0.15) is 0 Å². The van der Waals surface area contributed by atoms with Gasteiger partial charge in [-0.15, -0.1) is 0 Å². The van der Waals surface area contributed by atoms with E-state index in [0.717, 1.165) is 11.3 Å². The predicted octanol–water partition coefficient (Wildman–Crippen LogP) is 3.60. The van der Waals surface area contributed by atoms with Gasteiger partial charge in [-0.2, -0.15) is 0 Å². The molecule has 0 atom stereocenters. The van der Waals surface area contributed by atoms with Crippen LogP contribution in [0.4, 0.5) is 0 Å². The molecule has 0 aliphatic heterocycles. The van der Waals surface area contributed by atoms with E-state index in [1.165, 1.54) is 32.1 Å². The monoisotopic (exact) mass is 252 g/mol. The van der Waals surface area contributed by atoms with Crippen LogP contribution < -0.4 is 5.56 Å². The molecule has 0 amide bonds. The van der Waals surface area contributed by atoms with Crippen molar-refractivity contribution in [3.8, 4) is 0 Å². The predicted molar refractivity (Wildman–Crippen MR) is 72.2 cm³/mol. The number of nitrogens with one attached hydrogen (secondary N) is 2. The fraction of sp³-hybridized carbons (Fsp3) is 0.692. The summed E-state index contributed by atoms with van der Waals surface area (Å²) in [6, 6.07) is 0. The molecule has 0 saturated heterocycles. The van der Waals surface area contributed by atoms with Gasteiger partial charge in [0.15, 0.2) is 4.77 Å². The second-order valence-electron chi connectivity index (χ2n) is 5.23. The van der Waals surface area contributed by atoms with Gasteiger partial charge in [-0.05, 0) is 36.9 Å². The Morgan fingerprint density at radius 1 is 1.18 bits per heavy atom. The van der Waals surface area contributed by atoms with Crippen LogP contribution in [0, 0.1) is 4.77 Å². The number of H-pyrrole nitrogens is 2. The maximum Gasteiger partial charge on any atom is 0.255 e. The Balaban J connectivity index is 2.50. The van der Waals surface area contributed by atoms with Crippen LogP contribution in [0.3, 0.4) is 0 Å². The van der Waals surface area contributed by atoms with E-state index in [9.17, 15) is 4.79 Å². The molecule has 1 heterocycles. The lowest BCUT2D eigenvalue weighted by Gasteiger charge is -2.24. The number of aromatic amines is 2. The summed E-state index contributed by atoms with van der Waals surface area (Å²) in [5.41, 5.74) is 1.98. The first-order valence-electron chi connectivity index (χ1n) is 6.46. The second-order valence-corrected chi connectivity index (χ2v) is 5.63. The van der Waals surface area contributed by atoms with Crippen molar-refractivity contribution in [2.75, 3.05) is 0 Å². The summed E-state index contributed by atoms with van der Waals surface area (Å²) in [6.45, 7) is 4.13. The molecule has 0 aromatic carbocycles. The van der Waals surface area contributed by atoms with Crippen LogP contribution in [0.15, 0.2) is 4.79 Å². The van der Waals surface area contributed by atoms with Crippen molar-refractivity contribution in [1.82, 2.24) is 9.97 Å². The summed E-state index contributed by atoms with van der Waals surface area (Å²) >= 11 is 5.09. The molecule has 2 N–H and O–H groups in total. The molecule has 17 heavy (non-hydrogen) atoms. The lowest BCUT2D eigenvalue weighted by Crippen LogP contribution is -2.22. The van der Waals surface area contributed by atoms with Crippen LogP contribution in [0.25, 0.3) is 0 Å². The normalized spacial score (nSPS) is 17.6. The molecule has 4 heteroatoms. The summed E-state index contributed by atoms with van der Waals surface area (Å²) in [5, 5.41) is 0.